The summed E-state index contributed by atoms with van der Waals surface area (Å²) in [6.07, 6.45) is 8.91. The van der Waals surface area contributed by atoms with Gasteiger partial charge in [0.25, 0.3) is 0 Å². The van der Waals surface area contributed by atoms with E-state index in [1.165, 1.54) is 0 Å². The highest BCUT2D eigenvalue weighted by Crippen LogP contribution is 2.42. The standard InChI is InChI=1S/C23H44O4/c1-7-11-13-16-26-21(24)23(18-19(5)6,20(10-4)15-9-3)22(25)27-17-14-12-8-2/h19-20H,7-18H2,1-6H3. The second-order valence-electron chi connectivity index (χ2n) is 8.15. The maximum Gasteiger partial charge on any atom is 0.323 e. The summed E-state index contributed by atoms with van der Waals surface area (Å²) in [7, 11) is 0. The average Bonchev–Trinajstić information content (AvgIpc) is 2.64. The van der Waals surface area contributed by atoms with Gasteiger partial charge in [-0.2, -0.15) is 0 Å². The number of hydrogen-bond donors (Lipinski definition) is 0. The van der Waals surface area contributed by atoms with Gasteiger partial charge in [-0.1, -0.05) is 80.1 Å². The molecule has 4 nitrogen and oxygen atoms in total. The molecule has 1 atom stereocenters. The molecule has 0 rings (SSSR count). The van der Waals surface area contributed by atoms with Gasteiger partial charge in [-0.15, -0.1) is 0 Å². The third kappa shape index (κ3) is 8.66. The minimum Gasteiger partial charge on any atom is -0.465 e. The fraction of sp³-hybridized carbons (Fsp3) is 0.913. The van der Waals surface area contributed by atoms with Crippen LogP contribution in [0.1, 0.15) is 106 Å². The lowest BCUT2D eigenvalue weighted by atomic mass is 9.67. The van der Waals surface area contributed by atoms with Gasteiger partial charge in [0.15, 0.2) is 5.41 Å². The molecule has 0 saturated heterocycles. The van der Waals surface area contributed by atoms with Crippen LogP contribution in [-0.2, 0) is 19.1 Å². The van der Waals surface area contributed by atoms with Gasteiger partial charge < -0.3 is 9.47 Å². The van der Waals surface area contributed by atoms with Crippen LogP contribution in [0.3, 0.4) is 0 Å². The van der Waals surface area contributed by atoms with Crippen molar-refractivity contribution in [3.05, 3.63) is 0 Å². The first-order valence-electron chi connectivity index (χ1n) is 11.2. The van der Waals surface area contributed by atoms with Crippen LogP contribution >= 0.6 is 0 Å². The molecule has 0 saturated carbocycles. The molecular formula is C23H44O4. The summed E-state index contributed by atoms with van der Waals surface area (Å²) in [5, 5.41) is 0. The Morgan fingerprint density at radius 1 is 0.778 bits per heavy atom. The van der Waals surface area contributed by atoms with Crippen molar-refractivity contribution in [1.29, 1.82) is 0 Å². The lowest BCUT2D eigenvalue weighted by Gasteiger charge is -2.37. The predicted octanol–water partition coefficient (Wildman–Crippen LogP) is 6.31. The third-order valence-corrected chi connectivity index (χ3v) is 5.25. The van der Waals surface area contributed by atoms with E-state index in [0.29, 0.717) is 19.6 Å². The Balaban J connectivity index is 5.57. The molecule has 0 spiro atoms. The summed E-state index contributed by atoms with van der Waals surface area (Å²) in [6.45, 7) is 13.3. The monoisotopic (exact) mass is 384 g/mol. The van der Waals surface area contributed by atoms with Crippen molar-refractivity contribution in [2.24, 2.45) is 17.3 Å². The third-order valence-electron chi connectivity index (χ3n) is 5.25. The molecule has 1 unspecified atom stereocenters. The van der Waals surface area contributed by atoms with E-state index in [1.54, 1.807) is 0 Å². The highest BCUT2D eigenvalue weighted by Gasteiger charge is 2.53. The van der Waals surface area contributed by atoms with E-state index in [1.807, 2.05) is 0 Å². The van der Waals surface area contributed by atoms with Crippen molar-refractivity contribution in [2.75, 3.05) is 13.2 Å². The highest BCUT2D eigenvalue weighted by molar-refractivity contribution is 6.00. The zero-order chi connectivity index (χ0) is 20.7. The smallest absolute Gasteiger partial charge is 0.323 e. The fourth-order valence-electron chi connectivity index (χ4n) is 3.83. The van der Waals surface area contributed by atoms with E-state index in [9.17, 15) is 9.59 Å². The second-order valence-corrected chi connectivity index (χ2v) is 8.15. The maximum absolute atomic E-state index is 13.2. The SMILES string of the molecule is CCCCCOC(=O)C(CC(C)C)(C(=O)OCCCCC)C(CC)CCC. The fourth-order valence-corrected chi connectivity index (χ4v) is 3.83. The van der Waals surface area contributed by atoms with E-state index >= 15 is 0 Å². The second kappa shape index (κ2) is 14.9. The van der Waals surface area contributed by atoms with Crippen molar-refractivity contribution >= 4 is 11.9 Å². The largest absolute Gasteiger partial charge is 0.465 e. The van der Waals surface area contributed by atoms with E-state index in [0.717, 1.165) is 57.8 Å². The Kier molecular flexibility index (Phi) is 14.3. The van der Waals surface area contributed by atoms with E-state index in [-0.39, 0.29) is 23.8 Å². The summed E-state index contributed by atoms with van der Waals surface area (Å²) in [5.74, 6) is -0.564. The van der Waals surface area contributed by atoms with E-state index in [2.05, 4.69) is 41.5 Å². The van der Waals surface area contributed by atoms with E-state index in [4.69, 9.17) is 9.47 Å². The molecule has 0 fully saturated rings. The van der Waals surface area contributed by atoms with Gasteiger partial charge in [0.2, 0.25) is 0 Å². The predicted molar refractivity (Wildman–Crippen MR) is 112 cm³/mol. The summed E-state index contributed by atoms with van der Waals surface area (Å²) in [4.78, 5) is 26.5. The Morgan fingerprint density at radius 2 is 1.26 bits per heavy atom. The number of carbonyl (C=O) groups is 2. The molecule has 0 aromatic heterocycles. The quantitative estimate of drug-likeness (QED) is 0.178. The molecule has 0 heterocycles. The summed E-state index contributed by atoms with van der Waals surface area (Å²) in [5.41, 5.74) is -1.17. The van der Waals surface area contributed by atoms with Gasteiger partial charge in [0, 0.05) is 0 Å². The Bertz CT molecular complexity index is 379. The first-order valence-corrected chi connectivity index (χ1v) is 11.2. The first-order chi connectivity index (χ1) is 12.9. The molecule has 0 N–H and O–H groups in total. The van der Waals surface area contributed by atoms with Crippen LogP contribution in [0.2, 0.25) is 0 Å². The zero-order valence-electron chi connectivity index (χ0n) is 18.8. The number of unbranched alkanes of at least 4 members (excludes halogenated alkanes) is 4. The van der Waals surface area contributed by atoms with Crippen LogP contribution < -0.4 is 0 Å². The minimum atomic E-state index is -1.17. The number of rotatable bonds is 16. The molecule has 0 radical (unpaired) electrons. The van der Waals surface area contributed by atoms with Crippen molar-refractivity contribution in [3.8, 4) is 0 Å². The highest BCUT2D eigenvalue weighted by atomic mass is 16.6. The molecule has 0 amide bonds. The van der Waals surface area contributed by atoms with Crippen molar-refractivity contribution < 1.29 is 19.1 Å². The lowest BCUT2D eigenvalue weighted by Crippen LogP contribution is -2.49. The van der Waals surface area contributed by atoms with Gasteiger partial charge in [-0.05, 0) is 37.5 Å². The van der Waals surface area contributed by atoms with Gasteiger partial charge in [0.1, 0.15) is 0 Å². The van der Waals surface area contributed by atoms with Gasteiger partial charge in [-0.25, -0.2) is 0 Å². The molecule has 0 aliphatic rings. The van der Waals surface area contributed by atoms with Crippen LogP contribution in [0.4, 0.5) is 0 Å². The van der Waals surface area contributed by atoms with Crippen LogP contribution in [0.5, 0.6) is 0 Å². The van der Waals surface area contributed by atoms with Gasteiger partial charge in [0.05, 0.1) is 13.2 Å². The number of carbonyl (C=O) groups excluding carboxylic acids is 2. The molecule has 0 bridgehead atoms. The summed E-state index contributed by atoms with van der Waals surface area (Å²) in [6, 6.07) is 0. The lowest BCUT2D eigenvalue weighted by molar-refractivity contribution is -0.180. The number of ether oxygens (including phenoxy) is 2. The van der Waals surface area contributed by atoms with Gasteiger partial charge >= 0.3 is 11.9 Å². The number of hydrogen-bond acceptors (Lipinski definition) is 4. The topological polar surface area (TPSA) is 52.6 Å². The summed E-state index contributed by atoms with van der Waals surface area (Å²) >= 11 is 0. The zero-order valence-corrected chi connectivity index (χ0v) is 18.8. The van der Waals surface area contributed by atoms with Crippen LogP contribution in [0.25, 0.3) is 0 Å². The molecule has 0 aliphatic heterocycles. The average molecular weight is 385 g/mol. The molecule has 0 aromatic carbocycles. The Labute approximate surface area is 167 Å². The number of esters is 2. The molecule has 160 valence electrons. The first kappa shape index (κ1) is 25.9. The van der Waals surface area contributed by atoms with Crippen molar-refractivity contribution in [3.63, 3.8) is 0 Å². The molecule has 0 aliphatic carbocycles. The van der Waals surface area contributed by atoms with Crippen molar-refractivity contribution in [1.82, 2.24) is 0 Å². The summed E-state index contributed by atoms with van der Waals surface area (Å²) < 4.78 is 11.3. The molecule has 4 heteroatoms. The molecular weight excluding hydrogens is 340 g/mol. The maximum atomic E-state index is 13.2. The van der Waals surface area contributed by atoms with E-state index < -0.39 is 5.41 Å². The minimum absolute atomic E-state index is 0.0396. The van der Waals surface area contributed by atoms with Crippen molar-refractivity contribution in [2.45, 2.75) is 106 Å². The van der Waals surface area contributed by atoms with Crippen LogP contribution in [0, 0.1) is 17.3 Å². The Hall–Kier alpha value is -1.06. The Morgan fingerprint density at radius 3 is 1.59 bits per heavy atom. The normalized spacial score (nSPS) is 12.9. The molecule has 27 heavy (non-hydrogen) atoms. The van der Waals surface area contributed by atoms with Crippen LogP contribution in [0.15, 0.2) is 0 Å². The molecule has 0 aromatic rings. The van der Waals surface area contributed by atoms with Crippen LogP contribution in [-0.4, -0.2) is 25.2 Å². The van der Waals surface area contributed by atoms with Gasteiger partial charge in [-0.3, -0.25) is 9.59 Å².